The second kappa shape index (κ2) is 10.3. The van der Waals surface area contributed by atoms with Crippen LogP contribution in [0.5, 0.6) is 0 Å². The van der Waals surface area contributed by atoms with Crippen LogP contribution in [0.4, 0.5) is 0 Å². The molecule has 0 aromatic heterocycles. The van der Waals surface area contributed by atoms with Gasteiger partial charge in [0.15, 0.2) is 0 Å². The molecule has 0 aromatic rings. The normalized spacial score (nSPS) is 23.4. The number of aliphatic hydroxyl groups excluding tert-OH is 1. The van der Waals surface area contributed by atoms with Crippen LogP contribution in [-0.2, 0) is 4.74 Å². The van der Waals surface area contributed by atoms with Gasteiger partial charge in [0, 0.05) is 30.5 Å². The fraction of sp³-hybridized carbons (Fsp3) is 0.652. The van der Waals surface area contributed by atoms with E-state index in [0.717, 1.165) is 56.1 Å². The van der Waals surface area contributed by atoms with Gasteiger partial charge in [0.25, 0.3) is 0 Å². The molecule has 0 saturated carbocycles. The van der Waals surface area contributed by atoms with Gasteiger partial charge in [-0.2, -0.15) is 0 Å². The average Bonchev–Trinajstić information content (AvgIpc) is 2.65. The Morgan fingerprint density at radius 3 is 2.66 bits per heavy atom. The Morgan fingerprint density at radius 1 is 1.28 bits per heavy atom. The third-order valence-corrected chi connectivity index (χ3v) is 6.53. The number of likely N-dealkylation sites (N-methyl/N-ethyl adjacent to an activating group) is 1. The van der Waals surface area contributed by atoms with E-state index in [1.165, 1.54) is 17.6 Å². The lowest BCUT2D eigenvalue weighted by Crippen LogP contribution is -2.56. The number of hydrogen-bond donors (Lipinski definition) is 2. The van der Waals surface area contributed by atoms with Crippen LogP contribution in [0.15, 0.2) is 46.2 Å². The molecule has 1 fully saturated rings. The van der Waals surface area contributed by atoms with Gasteiger partial charge in [-0.15, -0.1) is 0 Å². The standard InChI is InChI=1S/C23H35ClN2O3/c1-23(28,16-18-5-3-6-20(24)15-18)25(2)22(17-26-11-4-12-26)19-7-9-21(10-8-19)29-14-13-27/h6-7,9,15,22,27-28H,3-5,8,10-14,16-17H2,1-2H3. The second-order valence-corrected chi connectivity index (χ2v) is 8.99. The molecule has 0 radical (unpaired) electrons. The minimum Gasteiger partial charge on any atom is -0.496 e. The molecule has 3 aliphatic rings. The molecule has 0 amide bonds. The zero-order chi connectivity index (χ0) is 20.9. The fourth-order valence-corrected chi connectivity index (χ4v) is 4.52. The lowest BCUT2D eigenvalue weighted by molar-refractivity contribution is -0.100. The predicted molar refractivity (Wildman–Crippen MR) is 118 cm³/mol. The van der Waals surface area contributed by atoms with Gasteiger partial charge < -0.3 is 19.8 Å². The van der Waals surface area contributed by atoms with E-state index in [0.29, 0.717) is 13.0 Å². The van der Waals surface area contributed by atoms with Crippen molar-refractivity contribution in [3.8, 4) is 0 Å². The number of allylic oxidation sites excluding steroid dienone is 6. The van der Waals surface area contributed by atoms with Gasteiger partial charge in [-0.1, -0.05) is 34.9 Å². The number of ether oxygens (including phenoxy) is 1. The quantitative estimate of drug-likeness (QED) is 0.527. The molecule has 2 unspecified atom stereocenters. The van der Waals surface area contributed by atoms with Gasteiger partial charge in [-0.25, -0.2) is 0 Å². The average molecular weight is 423 g/mol. The van der Waals surface area contributed by atoms with E-state index in [1.807, 2.05) is 32.2 Å². The van der Waals surface area contributed by atoms with E-state index < -0.39 is 5.72 Å². The molecular weight excluding hydrogens is 388 g/mol. The molecule has 5 nitrogen and oxygen atoms in total. The molecule has 162 valence electrons. The van der Waals surface area contributed by atoms with Crippen LogP contribution in [0.2, 0.25) is 0 Å². The Hall–Kier alpha value is -1.11. The van der Waals surface area contributed by atoms with Crippen LogP contribution < -0.4 is 0 Å². The zero-order valence-corrected chi connectivity index (χ0v) is 18.5. The minimum absolute atomic E-state index is 0.0339. The summed E-state index contributed by atoms with van der Waals surface area (Å²) in [6, 6.07) is 0.149. The van der Waals surface area contributed by atoms with Crippen LogP contribution in [0.1, 0.15) is 45.4 Å². The first-order valence-electron chi connectivity index (χ1n) is 10.7. The summed E-state index contributed by atoms with van der Waals surface area (Å²) in [6.45, 7) is 5.48. The van der Waals surface area contributed by atoms with Crippen molar-refractivity contribution in [3.63, 3.8) is 0 Å². The molecule has 6 heteroatoms. The lowest BCUT2D eigenvalue weighted by Gasteiger charge is -2.45. The zero-order valence-electron chi connectivity index (χ0n) is 17.7. The monoisotopic (exact) mass is 422 g/mol. The van der Waals surface area contributed by atoms with Crippen molar-refractivity contribution in [2.75, 3.05) is 39.9 Å². The van der Waals surface area contributed by atoms with E-state index in [-0.39, 0.29) is 12.6 Å². The van der Waals surface area contributed by atoms with Gasteiger partial charge >= 0.3 is 0 Å². The lowest BCUT2D eigenvalue weighted by atomic mass is 9.90. The van der Waals surface area contributed by atoms with Crippen LogP contribution in [-0.4, -0.2) is 71.7 Å². The second-order valence-electron chi connectivity index (χ2n) is 8.55. The van der Waals surface area contributed by atoms with E-state index in [2.05, 4.69) is 15.9 Å². The smallest absolute Gasteiger partial charge is 0.119 e. The van der Waals surface area contributed by atoms with Crippen molar-refractivity contribution in [1.82, 2.24) is 9.80 Å². The van der Waals surface area contributed by atoms with Gasteiger partial charge in [0.1, 0.15) is 12.3 Å². The van der Waals surface area contributed by atoms with Crippen molar-refractivity contribution < 1.29 is 14.9 Å². The molecule has 1 aliphatic heterocycles. The van der Waals surface area contributed by atoms with Crippen molar-refractivity contribution >= 4 is 11.6 Å². The van der Waals surface area contributed by atoms with Crippen LogP contribution in [0, 0.1) is 0 Å². The first-order chi connectivity index (χ1) is 13.9. The number of nitrogens with zero attached hydrogens (tertiary/aromatic N) is 2. The summed E-state index contributed by atoms with van der Waals surface area (Å²) in [7, 11) is 2.04. The number of rotatable bonds is 10. The third kappa shape index (κ3) is 6.19. The van der Waals surface area contributed by atoms with Crippen LogP contribution in [0.25, 0.3) is 0 Å². The highest BCUT2D eigenvalue weighted by molar-refractivity contribution is 6.31. The summed E-state index contributed by atoms with van der Waals surface area (Å²) >= 11 is 6.19. The summed E-state index contributed by atoms with van der Waals surface area (Å²) in [5.74, 6) is 0.925. The van der Waals surface area contributed by atoms with Crippen LogP contribution in [0.3, 0.4) is 0 Å². The first-order valence-corrected chi connectivity index (χ1v) is 11.1. The minimum atomic E-state index is -0.950. The fourth-order valence-electron chi connectivity index (χ4n) is 4.26. The Bertz CT molecular complexity index is 692. The Labute approximate surface area is 180 Å². The molecule has 2 aliphatic carbocycles. The molecule has 1 saturated heterocycles. The molecule has 2 atom stereocenters. The van der Waals surface area contributed by atoms with Crippen molar-refractivity contribution in [3.05, 3.63) is 46.2 Å². The molecule has 1 heterocycles. The highest BCUT2D eigenvalue weighted by atomic mass is 35.5. The van der Waals surface area contributed by atoms with Gasteiger partial charge in [0.2, 0.25) is 0 Å². The Balaban J connectivity index is 1.74. The van der Waals surface area contributed by atoms with Gasteiger partial charge in [-0.3, -0.25) is 4.90 Å². The summed E-state index contributed by atoms with van der Waals surface area (Å²) in [6.07, 6.45) is 13.7. The van der Waals surface area contributed by atoms with Crippen molar-refractivity contribution in [1.29, 1.82) is 0 Å². The summed E-state index contributed by atoms with van der Waals surface area (Å²) < 4.78 is 5.58. The number of aliphatic hydroxyl groups is 2. The Kier molecular flexibility index (Phi) is 7.99. The molecule has 3 rings (SSSR count). The SMILES string of the molecule is CN(C(CN1CCC1)C1=CC=C(OCCO)CC1)C(C)(O)CC1=CC(Cl)=CCC1. The maximum absolute atomic E-state index is 11.4. The van der Waals surface area contributed by atoms with E-state index in [4.69, 9.17) is 21.4 Å². The summed E-state index contributed by atoms with van der Waals surface area (Å²) in [5, 5.41) is 21.1. The molecule has 0 spiro atoms. The molecular formula is C23H35ClN2O3. The van der Waals surface area contributed by atoms with E-state index in [9.17, 15) is 5.11 Å². The molecule has 2 N–H and O–H groups in total. The first kappa shape index (κ1) is 22.6. The Morgan fingerprint density at radius 2 is 2.07 bits per heavy atom. The predicted octanol–water partition coefficient (Wildman–Crippen LogP) is 3.55. The van der Waals surface area contributed by atoms with Crippen LogP contribution >= 0.6 is 11.6 Å². The highest BCUT2D eigenvalue weighted by Crippen LogP contribution is 2.33. The van der Waals surface area contributed by atoms with Gasteiger partial charge in [0.05, 0.1) is 12.4 Å². The summed E-state index contributed by atoms with van der Waals surface area (Å²) in [4.78, 5) is 4.59. The highest BCUT2D eigenvalue weighted by Gasteiger charge is 2.36. The number of hydrogen-bond acceptors (Lipinski definition) is 5. The maximum atomic E-state index is 11.4. The largest absolute Gasteiger partial charge is 0.496 e. The number of halogens is 1. The van der Waals surface area contributed by atoms with E-state index >= 15 is 0 Å². The van der Waals surface area contributed by atoms with Crippen molar-refractivity contribution in [2.45, 2.75) is 57.2 Å². The molecule has 29 heavy (non-hydrogen) atoms. The molecule has 0 aromatic carbocycles. The van der Waals surface area contributed by atoms with E-state index in [1.54, 1.807) is 0 Å². The maximum Gasteiger partial charge on any atom is 0.119 e. The topological polar surface area (TPSA) is 56.2 Å². The van der Waals surface area contributed by atoms with Gasteiger partial charge in [-0.05, 0) is 64.9 Å². The van der Waals surface area contributed by atoms with Crippen molar-refractivity contribution in [2.24, 2.45) is 0 Å². The third-order valence-electron chi connectivity index (χ3n) is 6.27. The summed E-state index contributed by atoms with van der Waals surface area (Å²) in [5.41, 5.74) is 1.58. The number of likely N-dealkylation sites (tertiary alicyclic amines) is 1. The molecule has 0 bridgehead atoms.